The zero-order valence-electron chi connectivity index (χ0n) is 10.1. The molecule has 0 aromatic carbocycles. The third-order valence-electron chi connectivity index (χ3n) is 2.07. The maximum atomic E-state index is 10.9. The van der Waals surface area contributed by atoms with Crippen LogP contribution in [0.15, 0.2) is 12.7 Å². The van der Waals surface area contributed by atoms with Crippen molar-refractivity contribution in [3.05, 3.63) is 12.7 Å². The van der Waals surface area contributed by atoms with Crippen LogP contribution in [0.3, 0.4) is 0 Å². The molecular formula is C10H20N2O4S. The van der Waals surface area contributed by atoms with Gasteiger partial charge in [0.2, 0.25) is 5.91 Å². The molecule has 0 spiro atoms. The molecule has 1 rings (SSSR count). The van der Waals surface area contributed by atoms with Crippen molar-refractivity contribution in [1.29, 1.82) is 0 Å². The summed E-state index contributed by atoms with van der Waals surface area (Å²) in [6, 6.07) is 0. The van der Waals surface area contributed by atoms with Gasteiger partial charge in [-0.15, -0.1) is 0 Å². The van der Waals surface area contributed by atoms with Crippen molar-refractivity contribution >= 4 is 16.0 Å². The van der Waals surface area contributed by atoms with Gasteiger partial charge in [-0.1, -0.05) is 13.5 Å². The normalized spacial score (nSPS) is 15.8. The number of rotatable bonds is 3. The molecule has 1 heterocycles. The monoisotopic (exact) mass is 264 g/mol. The maximum absolute atomic E-state index is 10.9. The second-order valence-corrected chi connectivity index (χ2v) is 5.14. The molecular weight excluding hydrogens is 244 g/mol. The van der Waals surface area contributed by atoms with E-state index in [1.165, 1.54) is 6.08 Å². The minimum Gasteiger partial charge on any atom is -0.337 e. The van der Waals surface area contributed by atoms with E-state index in [1.807, 2.05) is 0 Å². The Balaban J connectivity index is 0.000000325. The lowest BCUT2D eigenvalue weighted by Crippen LogP contribution is -2.45. The van der Waals surface area contributed by atoms with Crippen LogP contribution >= 0.6 is 0 Å². The summed E-state index contributed by atoms with van der Waals surface area (Å²) in [6.07, 6.45) is 1.84. The lowest BCUT2D eigenvalue weighted by atomic mass is 10.3. The molecule has 0 atom stereocenters. The first kappa shape index (κ1) is 16.1. The summed E-state index contributed by atoms with van der Waals surface area (Å²) in [5.41, 5.74) is 0. The summed E-state index contributed by atoms with van der Waals surface area (Å²) < 4.78 is 27.6. The van der Waals surface area contributed by atoms with E-state index in [1.54, 1.807) is 11.8 Å². The van der Waals surface area contributed by atoms with E-state index in [9.17, 15) is 13.2 Å². The van der Waals surface area contributed by atoms with E-state index in [0.717, 1.165) is 26.2 Å². The largest absolute Gasteiger partial charge is 0.337 e. The molecule has 100 valence electrons. The lowest BCUT2D eigenvalue weighted by molar-refractivity contribution is -0.126. The Bertz CT molecular complexity index is 334. The molecule has 0 saturated carbocycles. The van der Waals surface area contributed by atoms with E-state index in [-0.39, 0.29) is 11.7 Å². The zero-order valence-corrected chi connectivity index (χ0v) is 10.9. The average Bonchev–Trinajstić information content (AvgIpc) is 2.28. The van der Waals surface area contributed by atoms with Gasteiger partial charge in [-0.25, -0.2) is 0 Å². The highest BCUT2D eigenvalue weighted by Crippen LogP contribution is 1.92. The van der Waals surface area contributed by atoms with Gasteiger partial charge >= 0.3 is 0 Å². The molecule has 1 amide bonds. The second kappa shape index (κ2) is 8.21. The van der Waals surface area contributed by atoms with Crippen LogP contribution in [0.1, 0.15) is 13.3 Å². The van der Waals surface area contributed by atoms with Gasteiger partial charge in [0.1, 0.15) is 0 Å². The van der Waals surface area contributed by atoms with Gasteiger partial charge in [-0.3, -0.25) is 9.35 Å². The van der Waals surface area contributed by atoms with E-state index < -0.39 is 10.1 Å². The molecule has 1 aliphatic rings. The van der Waals surface area contributed by atoms with E-state index in [0.29, 0.717) is 6.42 Å². The lowest BCUT2D eigenvalue weighted by Gasteiger charge is -2.25. The fraction of sp³-hybridized carbons (Fsp3) is 0.700. The second-order valence-electron chi connectivity index (χ2n) is 3.57. The number of piperazine rings is 1. The first-order chi connectivity index (χ1) is 7.90. The number of hydrogen-bond donors (Lipinski definition) is 2. The average molecular weight is 264 g/mol. The van der Waals surface area contributed by atoms with Gasteiger partial charge in [-0.05, 0) is 12.5 Å². The minimum absolute atomic E-state index is 0.0431. The fourth-order valence-corrected chi connectivity index (χ4v) is 1.79. The Hall–Kier alpha value is -0.920. The van der Waals surface area contributed by atoms with Crippen LogP contribution in [0.5, 0.6) is 0 Å². The first-order valence-corrected chi connectivity index (χ1v) is 7.09. The molecule has 0 radical (unpaired) electrons. The van der Waals surface area contributed by atoms with Gasteiger partial charge < -0.3 is 10.2 Å². The molecule has 0 unspecified atom stereocenters. The molecule has 0 aromatic heterocycles. The van der Waals surface area contributed by atoms with Crippen LogP contribution in [-0.4, -0.2) is 55.7 Å². The van der Waals surface area contributed by atoms with Crippen molar-refractivity contribution in [3.8, 4) is 0 Å². The van der Waals surface area contributed by atoms with Gasteiger partial charge in [0.25, 0.3) is 10.1 Å². The predicted molar refractivity (Wildman–Crippen MR) is 66.4 cm³/mol. The van der Waals surface area contributed by atoms with E-state index in [4.69, 9.17) is 4.55 Å². The van der Waals surface area contributed by atoms with Gasteiger partial charge in [0.05, 0.1) is 5.75 Å². The Labute approximate surface area is 102 Å². The van der Waals surface area contributed by atoms with E-state index in [2.05, 4.69) is 11.9 Å². The number of hydrogen-bond acceptors (Lipinski definition) is 4. The summed E-state index contributed by atoms with van der Waals surface area (Å²) in [6.45, 7) is 8.54. The maximum Gasteiger partial charge on any atom is 0.264 e. The third kappa shape index (κ3) is 8.84. The van der Waals surface area contributed by atoms with Crippen molar-refractivity contribution < 1.29 is 17.8 Å². The van der Waals surface area contributed by atoms with Gasteiger partial charge in [0.15, 0.2) is 0 Å². The minimum atomic E-state index is -3.67. The summed E-state index contributed by atoms with van der Waals surface area (Å²) in [5, 5.41) is 3.17. The summed E-state index contributed by atoms with van der Waals surface area (Å²) >= 11 is 0. The highest BCUT2D eigenvalue weighted by Gasteiger charge is 2.11. The van der Waals surface area contributed by atoms with Crippen molar-refractivity contribution in [2.24, 2.45) is 0 Å². The highest BCUT2D eigenvalue weighted by molar-refractivity contribution is 7.85. The number of amides is 1. The highest BCUT2D eigenvalue weighted by atomic mass is 32.2. The predicted octanol–water partition coefficient (Wildman–Crippen LogP) is -0.112. The van der Waals surface area contributed by atoms with Crippen molar-refractivity contribution in [2.75, 3.05) is 31.9 Å². The number of nitrogens with one attached hydrogen (secondary N) is 1. The summed E-state index contributed by atoms with van der Waals surface area (Å²) in [7, 11) is -3.67. The van der Waals surface area contributed by atoms with Crippen LogP contribution in [0.25, 0.3) is 0 Å². The van der Waals surface area contributed by atoms with Crippen LogP contribution in [-0.2, 0) is 14.9 Å². The fourth-order valence-electron chi connectivity index (χ4n) is 1.27. The Morgan fingerprint density at radius 1 is 1.47 bits per heavy atom. The van der Waals surface area contributed by atoms with Crippen molar-refractivity contribution in [3.63, 3.8) is 0 Å². The number of carbonyl (C=O) groups excluding carboxylic acids is 1. The smallest absolute Gasteiger partial charge is 0.264 e. The standard InChI is InChI=1S/C7H12N2O.C3H8O3S/c1-2-7(10)9-5-3-8-4-6-9;1-2-3-7(4,5)6/h2,8H,1,3-6H2;2-3H2,1H3,(H,4,5,6). The SMILES string of the molecule is C=CC(=O)N1CCNCC1.CCCS(=O)(=O)O. The number of carbonyl (C=O) groups is 1. The van der Waals surface area contributed by atoms with Crippen LogP contribution in [0, 0.1) is 0 Å². The molecule has 2 N–H and O–H groups in total. The van der Waals surface area contributed by atoms with Crippen LogP contribution < -0.4 is 5.32 Å². The Morgan fingerprint density at radius 3 is 2.29 bits per heavy atom. The third-order valence-corrected chi connectivity index (χ3v) is 2.99. The number of nitrogens with zero attached hydrogens (tertiary/aromatic N) is 1. The van der Waals surface area contributed by atoms with Crippen LogP contribution in [0.2, 0.25) is 0 Å². The Morgan fingerprint density at radius 2 is 2.00 bits per heavy atom. The molecule has 1 saturated heterocycles. The van der Waals surface area contributed by atoms with Gasteiger partial charge in [0, 0.05) is 26.2 Å². The Kier molecular flexibility index (Phi) is 7.77. The molecule has 0 bridgehead atoms. The molecule has 1 fully saturated rings. The van der Waals surface area contributed by atoms with Crippen molar-refractivity contribution in [2.45, 2.75) is 13.3 Å². The molecule has 1 aliphatic heterocycles. The molecule has 6 nitrogen and oxygen atoms in total. The van der Waals surface area contributed by atoms with Crippen molar-refractivity contribution in [1.82, 2.24) is 10.2 Å². The van der Waals surface area contributed by atoms with E-state index >= 15 is 0 Å². The summed E-state index contributed by atoms with van der Waals surface area (Å²) in [4.78, 5) is 12.7. The molecule has 17 heavy (non-hydrogen) atoms. The van der Waals surface area contributed by atoms with Gasteiger partial charge in [-0.2, -0.15) is 8.42 Å². The molecule has 7 heteroatoms. The van der Waals surface area contributed by atoms with Crippen LogP contribution in [0.4, 0.5) is 0 Å². The first-order valence-electron chi connectivity index (χ1n) is 5.48. The summed E-state index contributed by atoms with van der Waals surface area (Å²) in [5.74, 6) is -0.0889. The zero-order chi connectivity index (χ0) is 13.3. The quantitative estimate of drug-likeness (QED) is 0.548. The molecule has 0 aromatic rings. The molecule has 0 aliphatic carbocycles. The topological polar surface area (TPSA) is 86.7 Å².